The normalized spacial score (nSPS) is 15.9. The third-order valence-corrected chi connectivity index (χ3v) is 7.23. The van der Waals surface area contributed by atoms with Crippen LogP contribution in [0.1, 0.15) is 24.8 Å². The lowest BCUT2D eigenvalue weighted by Crippen LogP contribution is -2.38. The predicted molar refractivity (Wildman–Crippen MR) is 114 cm³/mol. The van der Waals surface area contributed by atoms with Gasteiger partial charge in [0, 0.05) is 40.2 Å². The largest absolute Gasteiger partial charge is 0.416 e. The van der Waals surface area contributed by atoms with Crippen LogP contribution >= 0.6 is 11.8 Å². The van der Waals surface area contributed by atoms with E-state index in [0.717, 1.165) is 58.5 Å². The summed E-state index contributed by atoms with van der Waals surface area (Å²) in [6, 6.07) is 7.51. The maximum absolute atomic E-state index is 12.9. The van der Waals surface area contributed by atoms with Crippen LogP contribution in [-0.2, 0) is 19.8 Å². The zero-order valence-corrected chi connectivity index (χ0v) is 17.6. The zero-order chi connectivity index (χ0) is 21.6. The SMILES string of the molecule is Cn1cc(-c2cnc3cnn(CC4(Sc5ccc(C(F)(F)F)cc5)CCC4)c3c2)cn1. The number of rotatable bonds is 5. The van der Waals surface area contributed by atoms with Gasteiger partial charge in [0.15, 0.2) is 0 Å². The highest BCUT2D eigenvalue weighted by atomic mass is 32.2. The van der Waals surface area contributed by atoms with Gasteiger partial charge >= 0.3 is 6.18 Å². The summed E-state index contributed by atoms with van der Waals surface area (Å²) >= 11 is 1.65. The number of nitrogens with zero attached hydrogens (tertiary/aromatic N) is 5. The van der Waals surface area contributed by atoms with E-state index in [-0.39, 0.29) is 4.75 Å². The molecule has 1 aromatic carbocycles. The van der Waals surface area contributed by atoms with Gasteiger partial charge in [-0.2, -0.15) is 23.4 Å². The minimum absolute atomic E-state index is 0.0804. The van der Waals surface area contributed by atoms with Crippen molar-refractivity contribution < 1.29 is 13.2 Å². The van der Waals surface area contributed by atoms with Gasteiger partial charge in [-0.3, -0.25) is 14.3 Å². The number of thioether (sulfide) groups is 1. The third-order valence-electron chi connectivity index (χ3n) is 5.75. The highest BCUT2D eigenvalue weighted by Gasteiger charge is 2.39. The van der Waals surface area contributed by atoms with E-state index in [2.05, 4.69) is 21.2 Å². The van der Waals surface area contributed by atoms with Gasteiger partial charge in [-0.25, -0.2) is 0 Å². The quantitative estimate of drug-likeness (QED) is 0.405. The first-order chi connectivity index (χ1) is 14.8. The third kappa shape index (κ3) is 3.94. The van der Waals surface area contributed by atoms with Crippen LogP contribution < -0.4 is 0 Å². The summed E-state index contributed by atoms with van der Waals surface area (Å²) in [6.07, 6.45) is 6.11. The van der Waals surface area contributed by atoms with Crippen molar-refractivity contribution in [3.8, 4) is 11.1 Å². The Morgan fingerprint density at radius 3 is 2.42 bits per heavy atom. The van der Waals surface area contributed by atoms with Crippen LogP contribution in [0.25, 0.3) is 22.2 Å². The van der Waals surface area contributed by atoms with Gasteiger partial charge in [-0.05, 0) is 43.2 Å². The Morgan fingerprint density at radius 1 is 1.03 bits per heavy atom. The number of hydrogen-bond donors (Lipinski definition) is 0. The van der Waals surface area contributed by atoms with Crippen LogP contribution in [0.3, 0.4) is 0 Å². The Labute approximate surface area is 181 Å². The molecule has 1 aliphatic rings. The van der Waals surface area contributed by atoms with Gasteiger partial charge in [-0.1, -0.05) is 6.42 Å². The van der Waals surface area contributed by atoms with E-state index in [0.29, 0.717) is 6.54 Å². The number of aromatic nitrogens is 5. The van der Waals surface area contributed by atoms with E-state index in [9.17, 15) is 13.2 Å². The predicted octanol–water partition coefficient (Wildman–Crippen LogP) is 5.57. The second-order valence-corrected chi connectivity index (χ2v) is 9.54. The molecule has 31 heavy (non-hydrogen) atoms. The van der Waals surface area contributed by atoms with Crippen LogP contribution in [-0.4, -0.2) is 29.3 Å². The molecule has 160 valence electrons. The van der Waals surface area contributed by atoms with E-state index >= 15 is 0 Å². The van der Waals surface area contributed by atoms with Crippen molar-refractivity contribution in [3.05, 3.63) is 60.7 Å². The Balaban J connectivity index is 1.41. The Hall–Kier alpha value is -2.81. The van der Waals surface area contributed by atoms with Crippen LogP contribution in [0, 0.1) is 0 Å². The summed E-state index contributed by atoms with van der Waals surface area (Å²) in [7, 11) is 1.87. The molecule has 1 saturated carbocycles. The number of alkyl halides is 3. The summed E-state index contributed by atoms with van der Waals surface area (Å²) in [5.74, 6) is 0. The minimum Gasteiger partial charge on any atom is -0.275 e. The van der Waals surface area contributed by atoms with Crippen molar-refractivity contribution in [2.24, 2.45) is 7.05 Å². The monoisotopic (exact) mass is 443 g/mol. The molecule has 0 aliphatic heterocycles. The minimum atomic E-state index is -4.32. The second-order valence-electron chi connectivity index (χ2n) is 7.99. The fraction of sp³-hybridized carbons (Fsp3) is 0.318. The van der Waals surface area contributed by atoms with E-state index in [1.807, 2.05) is 24.1 Å². The van der Waals surface area contributed by atoms with Crippen LogP contribution in [0.15, 0.2) is 60.0 Å². The lowest BCUT2D eigenvalue weighted by Gasteiger charge is -2.41. The highest BCUT2D eigenvalue weighted by molar-refractivity contribution is 8.00. The maximum Gasteiger partial charge on any atom is 0.416 e. The summed E-state index contributed by atoms with van der Waals surface area (Å²) in [4.78, 5) is 5.39. The number of hydrogen-bond acceptors (Lipinski definition) is 4. The Bertz CT molecular complexity index is 1220. The van der Waals surface area contributed by atoms with Crippen LogP contribution in [0.4, 0.5) is 13.2 Å². The molecule has 0 saturated heterocycles. The van der Waals surface area contributed by atoms with E-state index in [4.69, 9.17) is 0 Å². The molecule has 0 bridgehead atoms. The molecule has 3 heterocycles. The van der Waals surface area contributed by atoms with Gasteiger partial charge in [0.25, 0.3) is 0 Å². The molecule has 0 amide bonds. The highest BCUT2D eigenvalue weighted by Crippen LogP contribution is 2.49. The fourth-order valence-electron chi connectivity index (χ4n) is 3.91. The maximum atomic E-state index is 12.9. The topological polar surface area (TPSA) is 48.5 Å². The molecule has 1 fully saturated rings. The Kier molecular flexibility index (Phi) is 4.80. The molecule has 3 aromatic heterocycles. The van der Waals surface area contributed by atoms with E-state index < -0.39 is 11.7 Å². The molecule has 9 heteroatoms. The van der Waals surface area contributed by atoms with Gasteiger partial charge in [0.05, 0.1) is 30.0 Å². The molecular weight excluding hydrogens is 423 g/mol. The fourth-order valence-corrected chi connectivity index (χ4v) is 5.36. The number of halogens is 3. The Morgan fingerprint density at radius 2 is 1.81 bits per heavy atom. The molecular formula is C22H20F3N5S. The van der Waals surface area contributed by atoms with E-state index in [1.54, 1.807) is 41.0 Å². The average molecular weight is 443 g/mol. The molecule has 0 N–H and O–H groups in total. The molecule has 0 unspecified atom stereocenters. The molecule has 5 nitrogen and oxygen atoms in total. The van der Waals surface area contributed by atoms with Crippen molar-refractivity contribution in [1.82, 2.24) is 24.5 Å². The first kappa shape index (κ1) is 20.1. The van der Waals surface area contributed by atoms with Crippen molar-refractivity contribution in [3.63, 3.8) is 0 Å². The lowest BCUT2D eigenvalue weighted by atomic mass is 9.84. The summed E-state index contributed by atoms with van der Waals surface area (Å²) in [6.45, 7) is 0.681. The van der Waals surface area contributed by atoms with Gasteiger partial charge in [-0.15, -0.1) is 11.8 Å². The summed E-state index contributed by atoms with van der Waals surface area (Å²) < 4.78 is 42.2. The summed E-state index contributed by atoms with van der Waals surface area (Å²) in [5.41, 5.74) is 3.11. The average Bonchev–Trinajstić information content (AvgIpc) is 3.32. The molecule has 0 atom stereocenters. The second kappa shape index (κ2) is 7.40. The van der Waals surface area contributed by atoms with Crippen LogP contribution in [0.2, 0.25) is 0 Å². The van der Waals surface area contributed by atoms with Gasteiger partial charge in [0.1, 0.15) is 5.52 Å². The van der Waals surface area contributed by atoms with Gasteiger partial charge in [0.2, 0.25) is 0 Å². The van der Waals surface area contributed by atoms with Crippen molar-refractivity contribution in [1.29, 1.82) is 0 Å². The zero-order valence-electron chi connectivity index (χ0n) is 16.8. The van der Waals surface area contributed by atoms with Crippen molar-refractivity contribution >= 4 is 22.8 Å². The van der Waals surface area contributed by atoms with E-state index in [1.165, 1.54) is 0 Å². The summed E-state index contributed by atoms with van der Waals surface area (Å²) in [5, 5.41) is 8.79. The van der Waals surface area contributed by atoms with Crippen LogP contribution in [0.5, 0.6) is 0 Å². The van der Waals surface area contributed by atoms with Crippen molar-refractivity contribution in [2.75, 3.05) is 0 Å². The van der Waals surface area contributed by atoms with Crippen molar-refractivity contribution in [2.45, 2.75) is 41.6 Å². The molecule has 0 spiro atoms. The number of pyridine rings is 1. The molecule has 0 radical (unpaired) electrons. The molecule has 4 aromatic rings. The first-order valence-electron chi connectivity index (χ1n) is 9.98. The lowest BCUT2D eigenvalue weighted by molar-refractivity contribution is -0.137. The molecule has 1 aliphatic carbocycles. The number of benzene rings is 1. The number of fused-ring (bicyclic) bond motifs is 1. The number of aryl methyl sites for hydroxylation is 1. The van der Waals surface area contributed by atoms with Gasteiger partial charge < -0.3 is 0 Å². The first-order valence-corrected chi connectivity index (χ1v) is 10.8. The standard InChI is InChI=1S/C22H20F3N5S/c1-29-13-16(11-27-29)15-9-20-19(26-10-15)12-28-30(20)14-21(7-2-8-21)31-18-5-3-17(4-6-18)22(23,24)25/h3-6,9-13H,2,7-8,14H2,1H3. The molecule has 5 rings (SSSR count). The smallest absolute Gasteiger partial charge is 0.275 e.